The van der Waals surface area contributed by atoms with Crippen molar-refractivity contribution in [3.05, 3.63) is 86.7 Å². The van der Waals surface area contributed by atoms with Crippen LogP contribution >= 0.6 is 23.2 Å². The van der Waals surface area contributed by atoms with Crippen molar-refractivity contribution in [1.29, 1.82) is 0 Å². The highest BCUT2D eigenvalue weighted by Crippen LogP contribution is 2.24. The van der Waals surface area contributed by atoms with Crippen molar-refractivity contribution in [2.24, 2.45) is 0 Å². The molecule has 0 saturated carbocycles. The van der Waals surface area contributed by atoms with Crippen molar-refractivity contribution in [2.45, 2.75) is 26.4 Å². The zero-order valence-electron chi connectivity index (χ0n) is 15.1. The Morgan fingerprint density at radius 2 is 1.89 bits per heavy atom. The number of amides is 1. The van der Waals surface area contributed by atoms with Crippen LogP contribution in [0, 0.1) is 18.6 Å². The normalized spacial score (nSPS) is 12.1. The monoisotopic (exact) mass is 423 g/mol. The molecule has 0 bridgehead atoms. The average Bonchev–Trinajstić information content (AvgIpc) is 2.92. The molecule has 1 unspecified atom stereocenters. The molecule has 1 N–H and O–H groups in total. The first-order valence-corrected chi connectivity index (χ1v) is 9.25. The topological polar surface area (TPSA) is 46.9 Å². The van der Waals surface area contributed by atoms with Gasteiger partial charge < -0.3 is 5.32 Å². The van der Waals surface area contributed by atoms with Crippen LogP contribution in [-0.4, -0.2) is 15.7 Å². The van der Waals surface area contributed by atoms with Crippen LogP contribution in [0.15, 0.2) is 42.5 Å². The summed E-state index contributed by atoms with van der Waals surface area (Å²) in [7, 11) is 0. The fourth-order valence-corrected chi connectivity index (χ4v) is 3.35. The number of nitrogens with zero attached hydrogens (tertiary/aromatic N) is 2. The van der Waals surface area contributed by atoms with E-state index in [1.807, 2.05) is 18.2 Å². The Kier molecular flexibility index (Phi) is 6.01. The third kappa shape index (κ3) is 4.18. The summed E-state index contributed by atoms with van der Waals surface area (Å²) in [4.78, 5) is 12.7. The summed E-state index contributed by atoms with van der Waals surface area (Å²) < 4.78 is 28.0. The zero-order chi connectivity index (χ0) is 20.4. The molecule has 0 aliphatic carbocycles. The summed E-state index contributed by atoms with van der Waals surface area (Å²) in [5, 5.41) is 7.81. The van der Waals surface area contributed by atoms with Gasteiger partial charge in [0.2, 0.25) is 0 Å². The maximum atomic E-state index is 13.4. The molecular formula is C20H17Cl2F2N3O. The number of hydrogen-bond donors (Lipinski definition) is 1. The van der Waals surface area contributed by atoms with E-state index < -0.39 is 23.6 Å². The molecule has 28 heavy (non-hydrogen) atoms. The Morgan fingerprint density at radius 3 is 2.57 bits per heavy atom. The van der Waals surface area contributed by atoms with Crippen LogP contribution in [0.3, 0.4) is 0 Å². The second-order valence-electron chi connectivity index (χ2n) is 6.37. The van der Waals surface area contributed by atoms with Crippen LogP contribution in [0.5, 0.6) is 0 Å². The maximum absolute atomic E-state index is 13.4. The van der Waals surface area contributed by atoms with Gasteiger partial charge in [-0.15, -0.1) is 0 Å². The maximum Gasteiger partial charge on any atom is 0.256 e. The van der Waals surface area contributed by atoms with Crippen molar-refractivity contribution >= 4 is 29.1 Å². The predicted octanol–water partition coefficient (Wildman–Crippen LogP) is 5.32. The van der Waals surface area contributed by atoms with Gasteiger partial charge in [0.25, 0.3) is 5.91 Å². The van der Waals surface area contributed by atoms with E-state index in [9.17, 15) is 13.6 Å². The van der Waals surface area contributed by atoms with E-state index in [4.69, 9.17) is 23.2 Å². The van der Waals surface area contributed by atoms with E-state index in [1.54, 1.807) is 19.9 Å². The molecule has 0 saturated heterocycles. The van der Waals surface area contributed by atoms with Gasteiger partial charge in [-0.05, 0) is 43.2 Å². The fraction of sp³-hybridized carbons (Fsp3) is 0.200. The molecule has 0 spiro atoms. The van der Waals surface area contributed by atoms with Gasteiger partial charge in [-0.25, -0.2) is 13.5 Å². The number of halogens is 4. The van der Waals surface area contributed by atoms with Gasteiger partial charge in [0.05, 0.1) is 23.8 Å². The van der Waals surface area contributed by atoms with Crippen molar-refractivity contribution in [2.75, 3.05) is 0 Å². The third-order valence-corrected chi connectivity index (χ3v) is 5.11. The lowest BCUT2D eigenvalue weighted by Gasteiger charge is -2.14. The van der Waals surface area contributed by atoms with Crippen LogP contribution in [0.2, 0.25) is 10.2 Å². The average molecular weight is 424 g/mol. The smallest absolute Gasteiger partial charge is 0.256 e. The molecule has 1 amide bonds. The second kappa shape index (κ2) is 8.29. The standard InChI is InChI=1S/C20H17Cl2F2N3O/c1-11(13-7-8-16(23)17(24)9-13)25-20(28)18-12(2)26-27(19(18)22)10-14-5-3-4-6-15(14)21/h3-9,11H,10H2,1-2H3,(H,25,28). The van der Waals surface area contributed by atoms with E-state index in [1.165, 1.54) is 10.7 Å². The summed E-state index contributed by atoms with van der Waals surface area (Å²) in [6, 6.07) is 10.2. The summed E-state index contributed by atoms with van der Waals surface area (Å²) in [6.07, 6.45) is 0. The van der Waals surface area contributed by atoms with E-state index >= 15 is 0 Å². The van der Waals surface area contributed by atoms with Gasteiger partial charge in [-0.2, -0.15) is 5.10 Å². The number of nitrogens with one attached hydrogen (secondary N) is 1. The van der Waals surface area contributed by atoms with Crippen LogP contribution in [0.25, 0.3) is 0 Å². The minimum absolute atomic E-state index is 0.174. The molecule has 0 fully saturated rings. The SMILES string of the molecule is Cc1nn(Cc2ccccc2Cl)c(Cl)c1C(=O)NC(C)c1ccc(F)c(F)c1. The van der Waals surface area contributed by atoms with Crippen molar-refractivity contribution in [1.82, 2.24) is 15.1 Å². The molecule has 146 valence electrons. The molecule has 1 heterocycles. The van der Waals surface area contributed by atoms with Gasteiger partial charge >= 0.3 is 0 Å². The fourth-order valence-electron chi connectivity index (χ4n) is 2.84. The second-order valence-corrected chi connectivity index (χ2v) is 7.13. The summed E-state index contributed by atoms with van der Waals surface area (Å²) in [5.74, 6) is -2.37. The molecule has 0 radical (unpaired) electrons. The van der Waals surface area contributed by atoms with Crippen LogP contribution in [-0.2, 0) is 6.54 Å². The first-order valence-electron chi connectivity index (χ1n) is 8.50. The molecule has 1 atom stereocenters. The van der Waals surface area contributed by atoms with Gasteiger partial charge in [-0.3, -0.25) is 4.79 Å². The summed E-state index contributed by atoms with van der Waals surface area (Å²) >= 11 is 12.6. The number of rotatable bonds is 5. The molecule has 3 rings (SSSR count). The molecule has 1 aromatic heterocycles. The van der Waals surface area contributed by atoms with Gasteiger partial charge in [0, 0.05) is 5.02 Å². The molecular weight excluding hydrogens is 407 g/mol. The molecule has 8 heteroatoms. The van der Waals surface area contributed by atoms with Crippen molar-refractivity contribution < 1.29 is 13.6 Å². The van der Waals surface area contributed by atoms with Crippen LogP contribution in [0.4, 0.5) is 8.78 Å². The van der Waals surface area contributed by atoms with E-state index in [-0.39, 0.29) is 10.7 Å². The predicted molar refractivity (Wildman–Crippen MR) is 105 cm³/mol. The number of hydrogen-bond acceptors (Lipinski definition) is 2. The van der Waals surface area contributed by atoms with E-state index in [0.29, 0.717) is 22.8 Å². The quantitative estimate of drug-likeness (QED) is 0.603. The lowest BCUT2D eigenvalue weighted by molar-refractivity contribution is 0.0939. The van der Waals surface area contributed by atoms with E-state index in [0.717, 1.165) is 17.7 Å². The van der Waals surface area contributed by atoms with Gasteiger partial charge in [0.15, 0.2) is 11.6 Å². The lowest BCUT2D eigenvalue weighted by Crippen LogP contribution is -2.27. The number of carbonyl (C=O) groups excluding carboxylic acids is 1. The highest BCUT2D eigenvalue weighted by Gasteiger charge is 2.22. The molecule has 3 aromatic rings. The van der Waals surface area contributed by atoms with Crippen molar-refractivity contribution in [3.63, 3.8) is 0 Å². The molecule has 2 aromatic carbocycles. The minimum Gasteiger partial charge on any atom is -0.345 e. The Bertz CT molecular complexity index is 1040. The number of aryl methyl sites for hydroxylation is 1. The number of aromatic nitrogens is 2. The molecule has 4 nitrogen and oxygen atoms in total. The highest BCUT2D eigenvalue weighted by atomic mass is 35.5. The van der Waals surface area contributed by atoms with Gasteiger partial charge in [-0.1, -0.05) is 47.5 Å². The number of carbonyl (C=O) groups is 1. The zero-order valence-corrected chi connectivity index (χ0v) is 16.7. The molecule has 0 aliphatic heterocycles. The first-order chi connectivity index (χ1) is 13.3. The van der Waals surface area contributed by atoms with Crippen LogP contribution in [0.1, 0.15) is 40.1 Å². The Hall–Kier alpha value is -2.44. The first kappa shape index (κ1) is 20.3. The highest BCUT2D eigenvalue weighted by molar-refractivity contribution is 6.33. The molecule has 0 aliphatic rings. The lowest BCUT2D eigenvalue weighted by atomic mass is 10.1. The van der Waals surface area contributed by atoms with Gasteiger partial charge in [0.1, 0.15) is 5.15 Å². The largest absolute Gasteiger partial charge is 0.345 e. The minimum atomic E-state index is -0.972. The van der Waals surface area contributed by atoms with Crippen LogP contribution < -0.4 is 5.32 Å². The Morgan fingerprint density at radius 1 is 1.18 bits per heavy atom. The Labute approximate surface area is 171 Å². The summed E-state index contributed by atoms with van der Waals surface area (Å²) in [6.45, 7) is 3.65. The van der Waals surface area contributed by atoms with E-state index in [2.05, 4.69) is 10.4 Å². The third-order valence-electron chi connectivity index (χ3n) is 4.36. The number of benzene rings is 2. The Balaban J connectivity index is 1.81. The van der Waals surface area contributed by atoms with Crippen molar-refractivity contribution in [3.8, 4) is 0 Å². The summed E-state index contributed by atoms with van der Waals surface area (Å²) in [5.41, 5.74) is 1.93.